The monoisotopic (exact) mass is 301 g/mol. The molecule has 0 spiro atoms. The quantitative estimate of drug-likeness (QED) is 0.839. The number of amides is 1. The van der Waals surface area contributed by atoms with E-state index in [0.717, 1.165) is 38.3 Å². The standard InChI is InChI=1S/C18H27N3O/c1-14-12-18(20-9-5-3-6-10-20)19-13-16(14)17-8-4-7-11-21(17)15(2)22/h12-13,17H,3-11H2,1-2H3. The van der Waals surface area contributed by atoms with E-state index >= 15 is 0 Å². The number of hydrogen-bond acceptors (Lipinski definition) is 3. The van der Waals surface area contributed by atoms with Crippen molar-refractivity contribution in [1.29, 1.82) is 0 Å². The fraction of sp³-hybridized carbons (Fsp3) is 0.667. The summed E-state index contributed by atoms with van der Waals surface area (Å²) in [6.07, 6.45) is 9.27. The van der Waals surface area contributed by atoms with Crippen molar-refractivity contribution in [3.8, 4) is 0 Å². The second kappa shape index (κ2) is 6.67. The van der Waals surface area contributed by atoms with E-state index in [0.29, 0.717) is 0 Å². The van der Waals surface area contributed by atoms with Crippen LogP contribution >= 0.6 is 0 Å². The summed E-state index contributed by atoms with van der Waals surface area (Å²) in [5.74, 6) is 1.29. The molecule has 2 aliphatic heterocycles. The molecule has 0 N–H and O–H groups in total. The van der Waals surface area contributed by atoms with Crippen molar-refractivity contribution < 1.29 is 4.79 Å². The molecule has 3 heterocycles. The molecule has 120 valence electrons. The van der Waals surface area contributed by atoms with E-state index < -0.39 is 0 Å². The normalized spacial score (nSPS) is 22.7. The molecular weight excluding hydrogens is 274 g/mol. The van der Waals surface area contributed by atoms with E-state index in [4.69, 9.17) is 4.98 Å². The highest BCUT2D eigenvalue weighted by atomic mass is 16.2. The Labute approximate surface area is 133 Å². The van der Waals surface area contributed by atoms with Crippen molar-refractivity contribution in [2.75, 3.05) is 24.5 Å². The molecule has 4 nitrogen and oxygen atoms in total. The Morgan fingerprint density at radius 2 is 1.86 bits per heavy atom. The van der Waals surface area contributed by atoms with Gasteiger partial charge in [-0.25, -0.2) is 4.98 Å². The second-order valence-electron chi connectivity index (χ2n) is 6.67. The van der Waals surface area contributed by atoms with Gasteiger partial charge >= 0.3 is 0 Å². The van der Waals surface area contributed by atoms with Gasteiger partial charge in [0.15, 0.2) is 0 Å². The van der Waals surface area contributed by atoms with Gasteiger partial charge in [0.1, 0.15) is 5.82 Å². The van der Waals surface area contributed by atoms with Gasteiger partial charge in [-0.05, 0) is 62.6 Å². The zero-order chi connectivity index (χ0) is 15.5. The smallest absolute Gasteiger partial charge is 0.219 e. The molecule has 1 aromatic rings. The highest BCUT2D eigenvalue weighted by Gasteiger charge is 2.27. The van der Waals surface area contributed by atoms with Gasteiger partial charge in [0, 0.05) is 32.8 Å². The molecule has 0 saturated carbocycles. The lowest BCUT2D eigenvalue weighted by molar-refractivity contribution is -0.132. The van der Waals surface area contributed by atoms with E-state index in [2.05, 4.69) is 17.9 Å². The number of aryl methyl sites for hydroxylation is 1. The average molecular weight is 301 g/mol. The molecular formula is C18H27N3O. The van der Waals surface area contributed by atoms with Crippen molar-refractivity contribution in [1.82, 2.24) is 9.88 Å². The first kappa shape index (κ1) is 15.3. The van der Waals surface area contributed by atoms with Crippen molar-refractivity contribution in [3.63, 3.8) is 0 Å². The molecule has 3 rings (SSSR count). The molecule has 2 fully saturated rings. The molecule has 0 aliphatic carbocycles. The van der Waals surface area contributed by atoms with Crippen LogP contribution in [0.25, 0.3) is 0 Å². The van der Waals surface area contributed by atoms with Gasteiger partial charge in [0.05, 0.1) is 6.04 Å². The third-order valence-corrected chi connectivity index (χ3v) is 5.08. The van der Waals surface area contributed by atoms with Crippen molar-refractivity contribution in [2.45, 2.75) is 58.4 Å². The summed E-state index contributed by atoms with van der Waals surface area (Å²) in [5.41, 5.74) is 2.50. The Kier molecular flexibility index (Phi) is 4.65. The van der Waals surface area contributed by atoms with Crippen LogP contribution in [0.4, 0.5) is 5.82 Å². The summed E-state index contributed by atoms with van der Waals surface area (Å²) >= 11 is 0. The summed E-state index contributed by atoms with van der Waals surface area (Å²) in [5, 5.41) is 0. The lowest BCUT2D eigenvalue weighted by Crippen LogP contribution is -2.37. The summed E-state index contributed by atoms with van der Waals surface area (Å²) in [7, 11) is 0. The highest BCUT2D eigenvalue weighted by Crippen LogP contribution is 2.33. The fourth-order valence-corrected chi connectivity index (χ4v) is 3.83. The maximum atomic E-state index is 11.9. The number of piperidine rings is 2. The maximum absolute atomic E-state index is 11.9. The van der Waals surface area contributed by atoms with E-state index in [1.807, 2.05) is 11.1 Å². The Hall–Kier alpha value is -1.58. The van der Waals surface area contributed by atoms with Crippen LogP contribution in [-0.2, 0) is 4.79 Å². The Balaban J connectivity index is 1.83. The van der Waals surface area contributed by atoms with E-state index in [1.165, 1.54) is 36.8 Å². The third kappa shape index (κ3) is 3.11. The first-order chi connectivity index (χ1) is 10.7. The van der Waals surface area contributed by atoms with Gasteiger partial charge in [-0.1, -0.05) is 0 Å². The van der Waals surface area contributed by atoms with Crippen LogP contribution in [0.1, 0.15) is 62.6 Å². The van der Waals surface area contributed by atoms with Gasteiger partial charge in [-0.15, -0.1) is 0 Å². The number of rotatable bonds is 2. The van der Waals surface area contributed by atoms with E-state index in [9.17, 15) is 4.79 Å². The Morgan fingerprint density at radius 1 is 1.14 bits per heavy atom. The van der Waals surface area contributed by atoms with Gasteiger partial charge in [-0.3, -0.25) is 4.79 Å². The zero-order valence-corrected chi connectivity index (χ0v) is 13.8. The number of carbonyl (C=O) groups excluding carboxylic acids is 1. The van der Waals surface area contributed by atoms with Gasteiger partial charge < -0.3 is 9.80 Å². The van der Waals surface area contributed by atoms with Crippen LogP contribution in [-0.4, -0.2) is 35.4 Å². The maximum Gasteiger partial charge on any atom is 0.219 e. The molecule has 0 bridgehead atoms. The lowest BCUT2D eigenvalue weighted by atomic mass is 9.93. The molecule has 4 heteroatoms. The SMILES string of the molecule is CC(=O)N1CCCCC1c1cnc(N2CCCCC2)cc1C. The van der Waals surface area contributed by atoms with Crippen LogP contribution in [0.3, 0.4) is 0 Å². The topological polar surface area (TPSA) is 36.4 Å². The molecule has 1 unspecified atom stereocenters. The first-order valence-electron chi connectivity index (χ1n) is 8.65. The summed E-state index contributed by atoms with van der Waals surface area (Å²) < 4.78 is 0. The van der Waals surface area contributed by atoms with Gasteiger partial charge in [0.25, 0.3) is 0 Å². The summed E-state index contributed by atoms with van der Waals surface area (Å²) in [6.45, 7) is 6.97. The van der Waals surface area contributed by atoms with Crippen molar-refractivity contribution >= 4 is 11.7 Å². The third-order valence-electron chi connectivity index (χ3n) is 5.08. The first-order valence-corrected chi connectivity index (χ1v) is 8.65. The van der Waals surface area contributed by atoms with Gasteiger partial charge in [-0.2, -0.15) is 0 Å². The summed E-state index contributed by atoms with van der Waals surface area (Å²) in [6, 6.07) is 2.43. The molecule has 2 aliphatic rings. The summed E-state index contributed by atoms with van der Waals surface area (Å²) in [4.78, 5) is 21.0. The van der Waals surface area contributed by atoms with E-state index in [1.54, 1.807) is 6.92 Å². The number of likely N-dealkylation sites (tertiary alicyclic amines) is 1. The fourth-order valence-electron chi connectivity index (χ4n) is 3.83. The van der Waals surface area contributed by atoms with Crippen LogP contribution < -0.4 is 4.90 Å². The minimum absolute atomic E-state index is 0.184. The molecule has 22 heavy (non-hydrogen) atoms. The number of nitrogens with zero attached hydrogens (tertiary/aromatic N) is 3. The Morgan fingerprint density at radius 3 is 2.55 bits per heavy atom. The number of aromatic nitrogens is 1. The van der Waals surface area contributed by atoms with Crippen LogP contribution in [0.2, 0.25) is 0 Å². The zero-order valence-electron chi connectivity index (χ0n) is 13.8. The number of carbonyl (C=O) groups is 1. The molecule has 2 saturated heterocycles. The average Bonchev–Trinajstić information content (AvgIpc) is 2.55. The predicted molar refractivity (Wildman–Crippen MR) is 89.0 cm³/mol. The lowest BCUT2D eigenvalue weighted by Gasteiger charge is -2.36. The van der Waals surface area contributed by atoms with E-state index in [-0.39, 0.29) is 11.9 Å². The van der Waals surface area contributed by atoms with Crippen molar-refractivity contribution in [3.05, 3.63) is 23.4 Å². The Bertz CT molecular complexity index is 537. The minimum atomic E-state index is 0.184. The largest absolute Gasteiger partial charge is 0.357 e. The molecule has 0 radical (unpaired) electrons. The second-order valence-corrected chi connectivity index (χ2v) is 6.67. The van der Waals surface area contributed by atoms with Crippen LogP contribution in [0.5, 0.6) is 0 Å². The number of hydrogen-bond donors (Lipinski definition) is 0. The number of pyridine rings is 1. The minimum Gasteiger partial charge on any atom is -0.357 e. The predicted octanol–water partition coefficient (Wildman–Crippen LogP) is 3.45. The molecule has 1 atom stereocenters. The molecule has 1 aromatic heterocycles. The highest BCUT2D eigenvalue weighted by molar-refractivity contribution is 5.74. The van der Waals surface area contributed by atoms with Crippen LogP contribution in [0, 0.1) is 6.92 Å². The number of anilines is 1. The van der Waals surface area contributed by atoms with Crippen molar-refractivity contribution in [2.24, 2.45) is 0 Å². The molecule has 0 aromatic carbocycles. The van der Waals surface area contributed by atoms with Crippen LogP contribution in [0.15, 0.2) is 12.3 Å². The van der Waals surface area contributed by atoms with Gasteiger partial charge in [0.2, 0.25) is 5.91 Å². The molecule has 1 amide bonds.